The number of carbonyl (C=O) groups excluding carboxylic acids is 2. The molecular formula is C25H36N5O4+. The fourth-order valence-corrected chi connectivity index (χ4v) is 6.51. The van der Waals surface area contributed by atoms with Gasteiger partial charge < -0.3 is 16.6 Å². The lowest BCUT2D eigenvalue weighted by molar-refractivity contribution is -0.885. The normalized spacial score (nSPS) is 29.2. The molecule has 1 aliphatic heterocycles. The Balaban J connectivity index is 1.67. The SMILES string of the molecule is N=C(N)c1ccc(C[N+]2(C(=O)[C@@H](CC3CCCCC3)NCC(=O)O)CC[C@@H]3C[C@@]32C(N)=O)cc1. The van der Waals surface area contributed by atoms with Gasteiger partial charge in [-0.25, -0.2) is 9.28 Å². The number of quaternary nitrogens is 1. The van der Waals surface area contributed by atoms with Crippen LogP contribution in [0.3, 0.4) is 0 Å². The summed E-state index contributed by atoms with van der Waals surface area (Å²) in [4.78, 5) is 38.5. The molecule has 0 bridgehead atoms. The molecular weight excluding hydrogens is 434 g/mol. The van der Waals surface area contributed by atoms with E-state index in [0.29, 0.717) is 37.4 Å². The summed E-state index contributed by atoms with van der Waals surface area (Å²) in [6.45, 7) is 0.520. The van der Waals surface area contributed by atoms with E-state index in [9.17, 15) is 19.5 Å². The van der Waals surface area contributed by atoms with Crippen molar-refractivity contribution in [3.8, 4) is 0 Å². The van der Waals surface area contributed by atoms with Crippen LogP contribution in [0.1, 0.15) is 62.5 Å². The summed E-state index contributed by atoms with van der Waals surface area (Å²) < 4.78 is -0.0591. The maximum Gasteiger partial charge on any atom is 0.331 e. The number of aliphatic carboxylic acids is 1. The number of amidine groups is 1. The van der Waals surface area contributed by atoms with Crippen molar-refractivity contribution in [3.63, 3.8) is 0 Å². The van der Waals surface area contributed by atoms with Crippen molar-refractivity contribution in [1.82, 2.24) is 5.32 Å². The zero-order valence-corrected chi connectivity index (χ0v) is 19.6. The number of hydrogen-bond acceptors (Lipinski definition) is 5. The van der Waals surface area contributed by atoms with Crippen LogP contribution in [-0.2, 0) is 20.9 Å². The van der Waals surface area contributed by atoms with Crippen LogP contribution in [0.15, 0.2) is 24.3 Å². The lowest BCUT2D eigenvalue weighted by Gasteiger charge is -2.41. The fraction of sp³-hybridized carbons (Fsp3) is 0.600. The van der Waals surface area contributed by atoms with Gasteiger partial charge in [0.25, 0.3) is 5.91 Å². The number of rotatable bonds is 10. The lowest BCUT2D eigenvalue weighted by atomic mass is 9.84. The summed E-state index contributed by atoms with van der Waals surface area (Å²) in [7, 11) is 0. The molecule has 1 heterocycles. The molecule has 1 aromatic rings. The molecule has 1 saturated heterocycles. The third-order valence-electron chi connectivity index (χ3n) is 8.35. The number of likely N-dealkylation sites (tertiary alicyclic amines) is 1. The van der Waals surface area contributed by atoms with Crippen LogP contribution < -0.4 is 16.8 Å². The quantitative estimate of drug-likeness (QED) is 0.198. The molecule has 3 aliphatic rings. The zero-order chi connectivity index (χ0) is 24.5. The molecule has 9 heteroatoms. The largest absolute Gasteiger partial charge is 0.480 e. The molecule has 2 amide bonds. The molecule has 1 unspecified atom stereocenters. The Morgan fingerprint density at radius 2 is 1.79 bits per heavy atom. The first kappa shape index (κ1) is 24.3. The second kappa shape index (κ2) is 9.46. The molecule has 4 atom stereocenters. The number of nitrogens with one attached hydrogen (secondary N) is 2. The van der Waals surface area contributed by atoms with Crippen molar-refractivity contribution < 1.29 is 24.0 Å². The molecule has 1 aromatic carbocycles. The average molecular weight is 471 g/mol. The van der Waals surface area contributed by atoms with Crippen LogP contribution in [0, 0.1) is 17.2 Å². The number of hydrogen-bond donors (Lipinski definition) is 5. The number of amides is 2. The molecule has 0 spiro atoms. The molecule has 184 valence electrons. The molecule has 7 N–H and O–H groups in total. The van der Waals surface area contributed by atoms with Crippen molar-refractivity contribution in [2.24, 2.45) is 23.3 Å². The van der Waals surface area contributed by atoms with E-state index in [1.54, 1.807) is 12.1 Å². The number of nitrogens with two attached hydrogens (primary N) is 2. The Morgan fingerprint density at radius 1 is 1.12 bits per heavy atom. The van der Waals surface area contributed by atoms with Crippen LogP contribution in [0.2, 0.25) is 0 Å². The number of piperidine rings is 1. The lowest BCUT2D eigenvalue weighted by Crippen LogP contribution is -2.67. The number of benzene rings is 1. The number of nitrogen functional groups attached to an aromatic ring is 1. The first-order chi connectivity index (χ1) is 16.2. The van der Waals surface area contributed by atoms with E-state index in [0.717, 1.165) is 37.7 Å². The summed E-state index contributed by atoms with van der Waals surface area (Å²) >= 11 is 0. The van der Waals surface area contributed by atoms with E-state index in [2.05, 4.69) is 5.32 Å². The van der Waals surface area contributed by atoms with E-state index in [1.165, 1.54) is 6.42 Å². The molecule has 0 radical (unpaired) electrons. The van der Waals surface area contributed by atoms with Crippen molar-refractivity contribution in [3.05, 3.63) is 35.4 Å². The van der Waals surface area contributed by atoms with Crippen LogP contribution in [0.5, 0.6) is 0 Å². The topological polar surface area (TPSA) is 159 Å². The van der Waals surface area contributed by atoms with Gasteiger partial charge in [0.2, 0.25) is 0 Å². The summed E-state index contributed by atoms with van der Waals surface area (Å²) in [5, 5.41) is 19.9. The van der Waals surface area contributed by atoms with Crippen molar-refractivity contribution >= 4 is 23.6 Å². The molecule has 9 nitrogen and oxygen atoms in total. The molecule has 3 fully saturated rings. The van der Waals surface area contributed by atoms with Gasteiger partial charge in [-0.2, -0.15) is 0 Å². The van der Waals surface area contributed by atoms with E-state index >= 15 is 0 Å². The second-order valence-corrected chi connectivity index (χ2v) is 10.3. The molecule has 2 saturated carbocycles. The van der Waals surface area contributed by atoms with E-state index < -0.39 is 23.5 Å². The minimum atomic E-state index is -1.01. The predicted octanol–water partition coefficient (Wildman–Crippen LogP) is 1.47. The first-order valence-corrected chi connectivity index (χ1v) is 12.3. The van der Waals surface area contributed by atoms with Crippen molar-refractivity contribution in [2.75, 3.05) is 13.1 Å². The fourth-order valence-electron chi connectivity index (χ4n) is 6.51. The summed E-state index contributed by atoms with van der Waals surface area (Å²) in [5.41, 5.74) is 12.1. The summed E-state index contributed by atoms with van der Waals surface area (Å²) in [5.74, 6) is -1.17. The van der Waals surface area contributed by atoms with Gasteiger partial charge in [-0.3, -0.25) is 20.3 Å². The Bertz CT molecular complexity index is 974. The number of nitrogens with zero attached hydrogens (tertiary/aromatic N) is 1. The Kier molecular flexibility index (Phi) is 6.78. The smallest absolute Gasteiger partial charge is 0.331 e. The minimum absolute atomic E-state index is 0.0334. The monoisotopic (exact) mass is 470 g/mol. The van der Waals surface area contributed by atoms with Gasteiger partial charge in [0.05, 0.1) is 13.1 Å². The van der Waals surface area contributed by atoms with Gasteiger partial charge in [-0.05, 0) is 12.3 Å². The predicted molar refractivity (Wildman–Crippen MR) is 127 cm³/mol. The molecule has 34 heavy (non-hydrogen) atoms. The minimum Gasteiger partial charge on any atom is -0.480 e. The van der Waals surface area contributed by atoms with Gasteiger partial charge in [-0.1, -0.05) is 56.4 Å². The van der Waals surface area contributed by atoms with Crippen LogP contribution in [0.4, 0.5) is 0 Å². The maximum absolute atomic E-state index is 14.3. The number of carbonyl (C=O) groups is 3. The highest BCUT2D eigenvalue weighted by Gasteiger charge is 2.79. The average Bonchev–Trinajstić information content (AvgIpc) is 3.48. The van der Waals surface area contributed by atoms with Gasteiger partial charge in [0, 0.05) is 29.9 Å². The Hall–Kier alpha value is -2.78. The standard InChI is InChI=1S/C25H35N5O4/c26-22(27)18-8-6-17(7-9-18)15-30(11-10-19-13-25(19,30)24(28)34)23(33)20(29-14-21(31)32)12-16-4-2-1-3-5-16/h6-9,16,19-20,29H,1-5,10-15H2,(H5-,26,27,28,31,32,34)/p+1/t19-,20-,25+,30?/m1/s1. The zero-order valence-electron chi connectivity index (χ0n) is 19.6. The number of carboxylic acids is 1. The summed E-state index contributed by atoms with van der Waals surface area (Å²) in [6.07, 6.45) is 7.43. The second-order valence-electron chi connectivity index (χ2n) is 10.3. The van der Waals surface area contributed by atoms with Crippen LogP contribution in [0.25, 0.3) is 0 Å². The highest BCUT2D eigenvalue weighted by atomic mass is 16.4. The van der Waals surface area contributed by atoms with Crippen LogP contribution in [-0.4, -0.2) is 57.9 Å². The third-order valence-corrected chi connectivity index (χ3v) is 8.35. The van der Waals surface area contributed by atoms with E-state index in [4.69, 9.17) is 16.9 Å². The van der Waals surface area contributed by atoms with Gasteiger partial charge >= 0.3 is 11.9 Å². The van der Waals surface area contributed by atoms with Crippen molar-refractivity contribution in [1.29, 1.82) is 5.41 Å². The van der Waals surface area contributed by atoms with E-state index in [-0.39, 0.29) is 28.7 Å². The van der Waals surface area contributed by atoms with Gasteiger partial charge in [0.1, 0.15) is 18.4 Å². The highest BCUT2D eigenvalue weighted by Crippen LogP contribution is 2.61. The Morgan fingerprint density at radius 3 is 2.35 bits per heavy atom. The number of fused-ring (bicyclic) bond motifs is 1. The highest BCUT2D eigenvalue weighted by molar-refractivity contribution is 5.95. The maximum atomic E-state index is 14.3. The molecule has 0 aromatic heterocycles. The van der Waals surface area contributed by atoms with Gasteiger partial charge in [0.15, 0.2) is 5.54 Å². The molecule has 4 rings (SSSR count). The van der Waals surface area contributed by atoms with Gasteiger partial charge in [-0.15, -0.1) is 0 Å². The third kappa shape index (κ3) is 4.34. The van der Waals surface area contributed by atoms with E-state index in [1.807, 2.05) is 12.1 Å². The van der Waals surface area contributed by atoms with Crippen molar-refractivity contribution in [2.45, 2.75) is 69.5 Å². The van der Waals surface area contributed by atoms with Crippen LogP contribution >= 0.6 is 0 Å². The number of carboxylic acid groups (broad SMARTS) is 1. The summed E-state index contributed by atoms with van der Waals surface area (Å²) in [6, 6.07) is 6.53. The molecule has 2 aliphatic carbocycles. The Labute approximate surface area is 200 Å². The first-order valence-electron chi connectivity index (χ1n) is 12.3. The number of primary amides is 1.